The number of aromatic nitrogens is 1. The molecule has 1 aromatic heterocycles. The fourth-order valence-corrected chi connectivity index (χ4v) is 6.89. The van der Waals surface area contributed by atoms with Gasteiger partial charge in [-0.25, -0.2) is 13.6 Å². The maximum absolute atomic E-state index is 15.3. The van der Waals surface area contributed by atoms with Gasteiger partial charge in [0.05, 0.1) is 19.3 Å². The monoisotopic (exact) mass is 627 g/mol. The quantitative estimate of drug-likeness (QED) is 0.298. The highest BCUT2D eigenvalue weighted by atomic mass is 32.2. The number of ether oxygens (including phenoxy) is 3. The van der Waals surface area contributed by atoms with Gasteiger partial charge in [0.25, 0.3) is 5.91 Å². The molecular weight excluding hydrogens is 596 g/mol. The van der Waals surface area contributed by atoms with Gasteiger partial charge in [-0.1, -0.05) is 24.3 Å². The number of hydrogen-bond donors (Lipinski definition) is 2. The van der Waals surface area contributed by atoms with Crippen LogP contribution in [0.5, 0.6) is 5.75 Å². The first-order valence-corrected chi connectivity index (χ1v) is 15.1. The number of carbonyl (C=O) groups is 2. The Labute approximate surface area is 255 Å². The number of amides is 1. The molecule has 3 N–H and O–H groups in total. The Morgan fingerprint density at radius 1 is 1.16 bits per heavy atom. The molecule has 2 aromatic carbocycles. The molecule has 0 bridgehead atoms. The van der Waals surface area contributed by atoms with Gasteiger partial charge in [0, 0.05) is 41.1 Å². The molecule has 3 aromatic rings. The van der Waals surface area contributed by atoms with E-state index in [1.54, 1.807) is 11.0 Å². The second-order valence-corrected chi connectivity index (χ2v) is 11.8. The van der Waals surface area contributed by atoms with Crippen LogP contribution in [0.3, 0.4) is 0 Å². The molecule has 0 spiro atoms. The van der Waals surface area contributed by atoms with Crippen molar-refractivity contribution in [2.24, 2.45) is 5.73 Å². The minimum atomic E-state index is -1.12. The van der Waals surface area contributed by atoms with E-state index < -0.39 is 54.1 Å². The van der Waals surface area contributed by atoms with Crippen molar-refractivity contribution in [1.29, 1.82) is 0 Å². The Morgan fingerprint density at radius 3 is 2.75 bits per heavy atom. The van der Waals surface area contributed by atoms with E-state index in [1.807, 2.05) is 43.1 Å². The number of halogens is 2. The van der Waals surface area contributed by atoms with Gasteiger partial charge < -0.3 is 24.8 Å². The Balaban J connectivity index is 1.47. The maximum atomic E-state index is 15.3. The topological polar surface area (TPSA) is 128 Å². The number of pyridine rings is 1. The highest BCUT2D eigenvalue weighted by Crippen LogP contribution is 2.45. The van der Waals surface area contributed by atoms with Crippen molar-refractivity contribution in [2.75, 3.05) is 31.6 Å². The van der Waals surface area contributed by atoms with Crippen LogP contribution < -0.4 is 26.2 Å². The van der Waals surface area contributed by atoms with Gasteiger partial charge in [-0.3, -0.25) is 24.6 Å². The molecule has 4 heterocycles. The van der Waals surface area contributed by atoms with Crippen molar-refractivity contribution in [2.45, 2.75) is 48.9 Å². The first-order chi connectivity index (χ1) is 21.2. The number of morpholine rings is 1. The van der Waals surface area contributed by atoms with E-state index in [0.29, 0.717) is 5.56 Å². The van der Waals surface area contributed by atoms with E-state index in [4.69, 9.17) is 19.9 Å². The molecule has 0 radical (unpaired) electrons. The lowest BCUT2D eigenvalue weighted by Gasteiger charge is -2.51. The van der Waals surface area contributed by atoms with E-state index in [2.05, 4.69) is 5.32 Å². The van der Waals surface area contributed by atoms with Crippen molar-refractivity contribution in [3.05, 3.63) is 92.9 Å². The zero-order valence-corrected chi connectivity index (χ0v) is 24.8. The fraction of sp³-hybridized carbons (Fsp3) is 0.367. The number of benzene rings is 2. The number of nitrogens with zero attached hydrogens (tertiary/aromatic N) is 3. The SMILES string of the molecule is CC(C)N[C@H](N)C(=O)OCOc1c2n(ccc1=O)N([C@@H]1c3ccccc3SCc3c1ccc(F)c3F)[C@@H]1COCCN1C2=O. The van der Waals surface area contributed by atoms with Crippen LogP contribution in [0.25, 0.3) is 0 Å². The number of thioether (sulfide) groups is 1. The second kappa shape index (κ2) is 12.2. The molecule has 3 atom stereocenters. The summed E-state index contributed by atoms with van der Waals surface area (Å²) in [6, 6.07) is 10.6. The summed E-state index contributed by atoms with van der Waals surface area (Å²) in [5.74, 6) is -3.32. The van der Waals surface area contributed by atoms with Gasteiger partial charge in [0.15, 0.2) is 23.5 Å². The zero-order valence-electron chi connectivity index (χ0n) is 24.0. The summed E-state index contributed by atoms with van der Waals surface area (Å²) in [7, 11) is 0. The lowest BCUT2D eigenvalue weighted by Crippen LogP contribution is -2.66. The molecule has 0 unspecified atom stereocenters. The van der Waals surface area contributed by atoms with Crippen LogP contribution in [0.15, 0.2) is 58.4 Å². The Kier molecular flexibility index (Phi) is 8.33. The minimum absolute atomic E-state index is 0.0862. The van der Waals surface area contributed by atoms with Crippen molar-refractivity contribution in [3.8, 4) is 5.75 Å². The fourth-order valence-electron chi connectivity index (χ4n) is 5.77. The molecule has 3 aliphatic heterocycles. The Bertz CT molecular complexity index is 1670. The summed E-state index contributed by atoms with van der Waals surface area (Å²) in [5, 5.41) is 4.64. The first kappa shape index (κ1) is 30.1. The van der Waals surface area contributed by atoms with Crippen LogP contribution in [0.4, 0.5) is 8.78 Å². The summed E-state index contributed by atoms with van der Waals surface area (Å²) < 4.78 is 48.0. The molecule has 1 fully saturated rings. The first-order valence-electron chi connectivity index (χ1n) is 14.1. The predicted molar refractivity (Wildman–Crippen MR) is 157 cm³/mol. The maximum Gasteiger partial charge on any atom is 0.340 e. The number of nitrogens with one attached hydrogen (secondary N) is 1. The third-order valence-electron chi connectivity index (χ3n) is 7.70. The Hall–Kier alpha value is -3.98. The number of esters is 1. The minimum Gasteiger partial charge on any atom is -0.451 e. The summed E-state index contributed by atoms with van der Waals surface area (Å²) in [6.45, 7) is 3.54. The molecule has 11 nitrogen and oxygen atoms in total. The van der Waals surface area contributed by atoms with Gasteiger partial charge in [0.1, 0.15) is 6.17 Å². The third-order valence-corrected chi connectivity index (χ3v) is 8.82. The van der Waals surface area contributed by atoms with Gasteiger partial charge in [-0.15, -0.1) is 11.8 Å². The summed E-state index contributed by atoms with van der Waals surface area (Å²) in [5.41, 5.74) is 6.61. The Morgan fingerprint density at radius 2 is 1.95 bits per heavy atom. The molecule has 44 heavy (non-hydrogen) atoms. The number of fused-ring (bicyclic) bond motifs is 4. The molecule has 0 aliphatic carbocycles. The normalized spacial score (nSPS) is 19.8. The third kappa shape index (κ3) is 5.31. The van der Waals surface area contributed by atoms with Crippen molar-refractivity contribution >= 4 is 23.6 Å². The average Bonchev–Trinajstić information content (AvgIpc) is 3.17. The largest absolute Gasteiger partial charge is 0.451 e. The van der Waals surface area contributed by atoms with Crippen molar-refractivity contribution in [3.63, 3.8) is 0 Å². The molecule has 1 saturated heterocycles. The molecule has 14 heteroatoms. The van der Waals surface area contributed by atoms with E-state index in [-0.39, 0.29) is 48.6 Å². The number of nitrogens with two attached hydrogens (primary N) is 1. The molecule has 6 rings (SSSR count). The molecule has 3 aliphatic rings. The van der Waals surface area contributed by atoms with Crippen molar-refractivity contribution in [1.82, 2.24) is 14.9 Å². The van der Waals surface area contributed by atoms with E-state index >= 15 is 4.39 Å². The smallest absolute Gasteiger partial charge is 0.340 e. The van der Waals surface area contributed by atoms with Gasteiger partial charge in [-0.05, 0) is 37.1 Å². The highest BCUT2D eigenvalue weighted by Gasteiger charge is 2.46. The number of rotatable bonds is 7. The lowest BCUT2D eigenvalue weighted by molar-refractivity contribution is -0.152. The van der Waals surface area contributed by atoms with Gasteiger partial charge in [-0.2, -0.15) is 0 Å². The number of hydrogen-bond acceptors (Lipinski definition) is 10. The van der Waals surface area contributed by atoms with Crippen LogP contribution in [-0.4, -0.2) is 66.4 Å². The van der Waals surface area contributed by atoms with Gasteiger partial charge >= 0.3 is 5.97 Å². The number of carbonyl (C=O) groups excluding carboxylic acids is 2. The van der Waals surface area contributed by atoms with Crippen molar-refractivity contribution < 1.29 is 32.6 Å². The highest BCUT2D eigenvalue weighted by molar-refractivity contribution is 7.98. The molecule has 0 saturated carbocycles. The average molecular weight is 628 g/mol. The van der Waals surface area contributed by atoms with E-state index in [0.717, 1.165) is 16.5 Å². The lowest BCUT2D eigenvalue weighted by atomic mass is 9.93. The summed E-state index contributed by atoms with van der Waals surface area (Å²) in [4.78, 5) is 41.9. The molecule has 232 valence electrons. The van der Waals surface area contributed by atoms with Crippen LogP contribution >= 0.6 is 11.8 Å². The van der Waals surface area contributed by atoms with E-state index in [9.17, 15) is 18.8 Å². The van der Waals surface area contributed by atoms with Crippen LogP contribution in [0.1, 0.15) is 47.1 Å². The summed E-state index contributed by atoms with van der Waals surface area (Å²) >= 11 is 1.39. The van der Waals surface area contributed by atoms with Crippen LogP contribution in [0, 0.1) is 11.6 Å². The molecular formula is C30H31F2N5O6S. The van der Waals surface area contributed by atoms with Crippen LogP contribution in [-0.2, 0) is 20.0 Å². The second-order valence-electron chi connectivity index (χ2n) is 10.8. The predicted octanol–water partition coefficient (Wildman–Crippen LogP) is 2.43. The van der Waals surface area contributed by atoms with Gasteiger partial charge in [0.2, 0.25) is 18.0 Å². The van der Waals surface area contributed by atoms with E-state index in [1.165, 1.54) is 28.7 Å². The standard InChI is InChI=1S/C30H31F2N5O6S/c1-16(2)34-28(33)30(40)43-15-42-27-21(38)9-10-36-26(27)29(39)35-11-12-41-13-23(35)37(36)25-17-7-8-20(31)24(32)19(17)14-44-22-6-4-3-5-18(22)25/h3-10,16,23,25,28,34H,11-15,33H2,1-2H3/t23-,25+,28+/m1/s1. The molecule has 1 amide bonds. The van der Waals surface area contributed by atoms with Crippen LogP contribution in [0.2, 0.25) is 0 Å². The zero-order chi connectivity index (χ0) is 31.1. The summed E-state index contributed by atoms with van der Waals surface area (Å²) in [6.07, 6.45) is -0.337.